The molecule has 3 rings (SSSR count). The highest BCUT2D eigenvalue weighted by atomic mass is 32.2. The Balaban J connectivity index is 1.89. The van der Waals surface area contributed by atoms with Crippen molar-refractivity contribution in [1.29, 1.82) is 0 Å². The minimum absolute atomic E-state index is 0.0381. The van der Waals surface area contributed by atoms with Crippen LogP contribution >= 0.6 is 11.8 Å². The quantitative estimate of drug-likeness (QED) is 0.412. The van der Waals surface area contributed by atoms with Gasteiger partial charge in [0, 0.05) is 5.75 Å². The lowest BCUT2D eigenvalue weighted by Gasteiger charge is -2.09. The van der Waals surface area contributed by atoms with Crippen LogP contribution in [0.3, 0.4) is 0 Å². The Bertz CT molecular complexity index is 882. The molecule has 0 radical (unpaired) electrons. The number of hydrogen-bond acceptors (Lipinski definition) is 7. The number of para-hydroxylation sites is 1. The van der Waals surface area contributed by atoms with Crippen LogP contribution in [0.15, 0.2) is 41.7 Å². The molecule has 0 aliphatic heterocycles. The van der Waals surface area contributed by atoms with Crippen LogP contribution in [0.25, 0.3) is 16.7 Å². The van der Waals surface area contributed by atoms with E-state index >= 15 is 0 Å². The van der Waals surface area contributed by atoms with Crippen LogP contribution in [0.4, 0.5) is 0 Å². The summed E-state index contributed by atoms with van der Waals surface area (Å²) in [7, 11) is 0. The van der Waals surface area contributed by atoms with Crippen LogP contribution in [0.5, 0.6) is 5.88 Å². The monoisotopic (exact) mass is 358 g/mol. The van der Waals surface area contributed by atoms with Crippen molar-refractivity contribution >= 4 is 28.8 Å². The van der Waals surface area contributed by atoms with Crippen molar-refractivity contribution in [2.24, 2.45) is 5.92 Å². The summed E-state index contributed by atoms with van der Waals surface area (Å²) in [6.45, 7) is 3.95. The highest BCUT2D eigenvalue weighted by molar-refractivity contribution is 7.99. The first-order valence-corrected chi connectivity index (χ1v) is 8.88. The maximum atomic E-state index is 11.7. The molecule has 0 amide bonds. The molecule has 0 saturated heterocycles. The zero-order chi connectivity index (χ0) is 17.8. The summed E-state index contributed by atoms with van der Waals surface area (Å²) in [4.78, 5) is 20.1. The summed E-state index contributed by atoms with van der Waals surface area (Å²) in [5.74, 6) is -0.0363. The Morgan fingerprint density at radius 2 is 2.04 bits per heavy atom. The second kappa shape index (κ2) is 7.52. The van der Waals surface area contributed by atoms with Gasteiger partial charge < -0.3 is 9.84 Å². The zero-order valence-electron chi connectivity index (χ0n) is 13.9. The van der Waals surface area contributed by atoms with Gasteiger partial charge in [0.2, 0.25) is 5.88 Å². The van der Waals surface area contributed by atoms with Crippen molar-refractivity contribution in [2.75, 3.05) is 12.4 Å². The Hall–Kier alpha value is -2.61. The van der Waals surface area contributed by atoms with E-state index in [0.29, 0.717) is 28.4 Å². The van der Waals surface area contributed by atoms with Crippen molar-refractivity contribution < 1.29 is 14.6 Å². The van der Waals surface area contributed by atoms with Gasteiger partial charge in [-0.2, -0.15) is 9.78 Å². The molecule has 0 saturated carbocycles. The second-order valence-electron chi connectivity index (χ2n) is 5.41. The number of esters is 1. The number of thioether (sulfide) groups is 1. The first-order valence-electron chi connectivity index (χ1n) is 7.89. The molecule has 2 aromatic heterocycles. The molecule has 130 valence electrons. The van der Waals surface area contributed by atoms with Gasteiger partial charge in [0.1, 0.15) is 16.9 Å². The van der Waals surface area contributed by atoms with Gasteiger partial charge in [0.05, 0.1) is 18.2 Å². The van der Waals surface area contributed by atoms with E-state index in [4.69, 9.17) is 4.74 Å². The molecular formula is C17H18N4O3S. The van der Waals surface area contributed by atoms with Gasteiger partial charge in [-0.15, -0.1) is 11.8 Å². The Morgan fingerprint density at radius 1 is 1.28 bits per heavy atom. The largest absolute Gasteiger partial charge is 0.492 e. The van der Waals surface area contributed by atoms with Gasteiger partial charge in [0.15, 0.2) is 5.52 Å². The second-order valence-corrected chi connectivity index (χ2v) is 6.42. The van der Waals surface area contributed by atoms with E-state index in [1.54, 1.807) is 6.92 Å². The van der Waals surface area contributed by atoms with Crippen molar-refractivity contribution in [3.8, 4) is 11.6 Å². The van der Waals surface area contributed by atoms with Gasteiger partial charge in [0.25, 0.3) is 0 Å². The maximum absolute atomic E-state index is 11.7. The first-order chi connectivity index (χ1) is 12.1. The Kier molecular flexibility index (Phi) is 5.18. The van der Waals surface area contributed by atoms with Crippen LogP contribution in [-0.4, -0.2) is 43.2 Å². The number of carbonyl (C=O) groups excluding carboxylic acids is 1. The van der Waals surface area contributed by atoms with E-state index in [1.807, 2.05) is 37.3 Å². The lowest BCUT2D eigenvalue weighted by atomic mass is 10.2. The van der Waals surface area contributed by atoms with E-state index in [1.165, 1.54) is 22.8 Å². The molecule has 25 heavy (non-hydrogen) atoms. The smallest absolute Gasteiger partial charge is 0.309 e. The van der Waals surface area contributed by atoms with Gasteiger partial charge in [-0.3, -0.25) is 4.79 Å². The third-order valence-corrected chi connectivity index (χ3v) is 4.80. The minimum Gasteiger partial charge on any atom is -0.492 e. The van der Waals surface area contributed by atoms with Crippen molar-refractivity contribution in [3.63, 3.8) is 0 Å². The molecule has 7 nitrogen and oxygen atoms in total. The molecule has 0 fully saturated rings. The minimum atomic E-state index is -0.264. The fraction of sp³-hybridized carbons (Fsp3) is 0.294. The van der Waals surface area contributed by atoms with Crippen LogP contribution in [0.2, 0.25) is 0 Å². The van der Waals surface area contributed by atoms with E-state index in [9.17, 15) is 9.90 Å². The van der Waals surface area contributed by atoms with Crippen LogP contribution < -0.4 is 0 Å². The van der Waals surface area contributed by atoms with Crippen molar-refractivity contribution in [2.45, 2.75) is 18.9 Å². The lowest BCUT2D eigenvalue weighted by Crippen LogP contribution is -2.16. The summed E-state index contributed by atoms with van der Waals surface area (Å²) in [5, 5.41) is 15.5. The standard InChI is InChI=1S/C17H18N4O3S/c1-3-24-17(23)11(2)9-25-15-13-14(18-10-19-15)16(22)21(20-13)12-7-5-4-6-8-12/h4-8,10-11,22H,3,9H2,1-2H3. The fourth-order valence-electron chi connectivity index (χ4n) is 2.28. The number of benzene rings is 1. The average Bonchev–Trinajstić information content (AvgIpc) is 2.98. The van der Waals surface area contributed by atoms with E-state index in [-0.39, 0.29) is 17.8 Å². The molecule has 0 aliphatic rings. The fourth-order valence-corrected chi connectivity index (χ4v) is 3.22. The third-order valence-electron chi connectivity index (χ3n) is 3.56. The molecule has 3 aromatic rings. The first kappa shape index (κ1) is 17.2. The normalized spacial score (nSPS) is 12.2. The van der Waals surface area contributed by atoms with Crippen LogP contribution in [0.1, 0.15) is 13.8 Å². The molecule has 1 N–H and O–H groups in total. The molecule has 1 unspecified atom stereocenters. The predicted octanol–water partition coefficient (Wildman–Crippen LogP) is 2.81. The van der Waals surface area contributed by atoms with Crippen molar-refractivity contribution in [1.82, 2.24) is 19.7 Å². The number of rotatable bonds is 6. The number of nitrogens with zero attached hydrogens (tertiary/aromatic N) is 4. The zero-order valence-corrected chi connectivity index (χ0v) is 14.7. The summed E-state index contributed by atoms with van der Waals surface area (Å²) in [5.41, 5.74) is 1.61. The van der Waals surface area contributed by atoms with Crippen LogP contribution in [0, 0.1) is 5.92 Å². The number of aromatic nitrogens is 4. The highest BCUT2D eigenvalue weighted by Gasteiger charge is 2.19. The van der Waals surface area contributed by atoms with Gasteiger partial charge >= 0.3 is 5.97 Å². The summed E-state index contributed by atoms with van der Waals surface area (Å²) < 4.78 is 6.44. The van der Waals surface area contributed by atoms with Gasteiger partial charge in [-0.1, -0.05) is 25.1 Å². The number of hydrogen-bond donors (Lipinski definition) is 1. The van der Waals surface area contributed by atoms with Gasteiger partial charge in [-0.25, -0.2) is 9.97 Å². The summed E-state index contributed by atoms with van der Waals surface area (Å²) in [6, 6.07) is 9.30. The number of ether oxygens (including phenoxy) is 1. The van der Waals surface area contributed by atoms with Gasteiger partial charge in [-0.05, 0) is 19.1 Å². The van der Waals surface area contributed by atoms with Crippen LogP contribution in [-0.2, 0) is 9.53 Å². The van der Waals surface area contributed by atoms with E-state index in [2.05, 4.69) is 15.1 Å². The molecule has 0 bridgehead atoms. The lowest BCUT2D eigenvalue weighted by molar-refractivity contribution is -0.146. The number of fused-ring (bicyclic) bond motifs is 1. The molecule has 8 heteroatoms. The average molecular weight is 358 g/mol. The topological polar surface area (TPSA) is 90.1 Å². The molecular weight excluding hydrogens is 340 g/mol. The van der Waals surface area contributed by atoms with E-state index < -0.39 is 0 Å². The highest BCUT2D eigenvalue weighted by Crippen LogP contribution is 2.31. The number of carbonyl (C=O) groups is 1. The summed E-state index contributed by atoms with van der Waals surface area (Å²) >= 11 is 1.39. The molecule has 1 atom stereocenters. The maximum Gasteiger partial charge on any atom is 0.309 e. The number of aromatic hydroxyl groups is 1. The SMILES string of the molecule is CCOC(=O)C(C)CSc1ncnc2c(O)n(-c3ccccc3)nc12. The molecule has 0 aliphatic carbocycles. The Morgan fingerprint density at radius 3 is 2.76 bits per heavy atom. The molecule has 2 heterocycles. The molecule has 0 spiro atoms. The Labute approximate surface area is 149 Å². The van der Waals surface area contributed by atoms with Crippen molar-refractivity contribution in [3.05, 3.63) is 36.7 Å². The predicted molar refractivity (Wildman–Crippen MR) is 94.8 cm³/mol. The summed E-state index contributed by atoms with van der Waals surface area (Å²) in [6.07, 6.45) is 1.39. The third kappa shape index (κ3) is 3.58. The van der Waals surface area contributed by atoms with E-state index in [0.717, 1.165) is 5.69 Å². The molecule has 1 aromatic carbocycles.